The summed E-state index contributed by atoms with van der Waals surface area (Å²) in [6, 6.07) is 9.47. The van der Waals surface area contributed by atoms with E-state index in [-0.39, 0.29) is 5.56 Å². The van der Waals surface area contributed by atoms with Crippen LogP contribution in [0.15, 0.2) is 34.2 Å². The van der Waals surface area contributed by atoms with Crippen molar-refractivity contribution >= 4 is 22.7 Å². The number of methoxy groups -OCH3 is 1. The van der Waals surface area contributed by atoms with Crippen LogP contribution in [0.5, 0.6) is 0 Å². The second-order valence-electron chi connectivity index (χ2n) is 4.47. The number of rotatable bonds is 7. The summed E-state index contributed by atoms with van der Waals surface area (Å²) in [6.07, 6.45) is 1.30. The van der Waals surface area contributed by atoms with Gasteiger partial charge in [-0.3, -0.25) is 9.36 Å². The molecule has 0 amide bonds. The van der Waals surface area contributed by atoms with Gasteiger partial charge in [0.25, 0.3) is 5.56 Å². The van der Waals surface area contributed by atoms with E-state index in [1.807, 2.05) is 18.2 Å². The third-order valence-electron chi connectivity index (χ3n) is 3.01. The van der Waals surface area contributed by atoms with Crippen LogP contribution in [0.4, 0.5) is 0 Å². The molecular weight excluding hydrogens is 286 g/mol. The fourth-order valence-corrected chi connectivity index (χ4v) is 2.92. The molecule has 5 nitrogen and oxygen atoms in total. The van der Waals surface area contributed by atoms with Crippen LogP contribution >= 0.6 is 11.8 Å². The molecule has 0 bridgehead atoms. The number of hydrogen-bond acceptors (Lipinski definition) is 5. The molecule has 2 aromatic rings. The molecule has 1 aromatic carbocycles. The van der Waals surface area contributed by atoms with Gasteiger partial charge in [0, 0.05) is 19.3 Å². The van der Waals surface area contributed by atoms with Crippen LogP contribution in [-0.4, -0.2) is 29.0 Å². The summed E-state index contributed by atoms with van der Waals surface area (Å²) in [5.74, 6) is 0.769. The molecule has 0 N–H and O–H groups in total. The third-order valence-corrected chi connectivity index (χ3v) is 4.07. The number of nitriles is 1. The first kappa shape index (κ1) is 15.5. The van der Waals surface area contributed by atoms with Gasteiger partial charge in [-0.2, -0.15) is 5.26 Å². The van der Waals surface area contributed by atoms with E-state index in [0.29, 0.717) is 35.6 Å². The van der Waals surface area contributed by atoms with Gasteiger partial charge in [0.1, 0.15) is 0 Å². The van der Waals surface area contributed by atoms with Crippen molar-refractivity contribution in [1.29, 1.82) is 5.26 Å². The predicted octanol–water partition coefficient (Wildman–Crippen LogP) is 2.44. The van der Waals surface area contributed by atoms with Crippen LogP contribution in [0, 0.1) is 11.3 Å². The second kappa shape index (κ2) is 7.81. The molecule has 0 saturated carbocycles. The molecule has 0 unspecified atom stereocenters. The van der Waals surface area contributed by atoms with Crippen molar-refractivity contribution in [1.82, 2.24) is 9.55 Å². The Bertz CT molecular complexity index is 706. The molecule has 6 heteroatoms. The predicted molar refractivity (Wildman–Crippen MR) is 83.5 cm³/mol. The number of unbranched alkanes of at least 4 members (excludes halogenated alkanes) is 1. The maximum Gasteiger partial charge on any atom is 0.262 e. The van der Waals surface area contributed by atoms with Crippen molar-refractivity contribution in [3.63, 3.8) is 0 Å². The zero-order valence-corrected chi connectivity index (χ0v) is 12.7. The Kier molecular flexibility index (Phi) is 5.78. The minimum atomic E-state index is -0.0413. The molecule has 0 aliphatic carbocycles. The minimum absolute atomic E-state index is 0.0413. The zero-order chi connectivity index (χ0) is 15.1. The molecule has 0 aliphatic rings. The number of nitrogens with zero attached hydrogens (tertiary/aromatic N) is 3. The van der Waals surface area contributed by atoms with E-state index in [1.165, 1.54) is 11.8 Å². The molecule has 0 fully saturated rings. The quantitative estimate of drug-likeness (QED) is 0.446. The summed E-state index contributed by atoms with van der Waals surface area (Å²) < 4.78 is 6.73. The topological polar surface area (TPSA) is 67.9 Å². The Morgan fingerprint density at radius 3 is 3.00 bits per heavy atom. The average molecular weight is 303 g/mol. The van der Waals surface area contributed by atoms with E-state index in [1.54, 1.807) is 17.7 Å². The number of thioether (sulfide) groups is 1. The minimum Gasteiger partial charge on any atom is -0.383 e. The normalized spacial score (nSPS) is 10.7. The van der Waals surface area contributed by atoms with E-state index in [9.17, 15) is 4.79 Å². The Hall–Kier alpha value is -1.84. The van der Waals surface area contributed by atoms with Crippen molar-refractivity contribution in [2.45, 2.75) is 24.5 Å². The highest BCUT2D eigenvalue weighted by Gasteiger charge is 2.10. The Morgan fingerprint density at radius 1 is 1.43 bits per heavy atom. The number of ether oxygens (including phenoxy) is 1. The first-order valence-electron chi connectivity index (χ1n) is 6.76. The zero-order valence-electron chi connectivity index (χ0n) is 11.9. The van der Waals surface area contributed by atoms with Crippen molar-refractivity contribution < 1.29 is 4.74 Å². The van der Waals surface area contributed by atoms with Crippen molar-refractivity contribution in [2.75, 3.05) is 19.5 Å². The van der Waals surface area contributed by atoms with Crippen LogP contribution in [0.3, 0.4) is 0 Å². The smallest absolute Gasteiger partial charge is 0.262 e. The van der Waals surface area contributed by atoms with Crippen LogP contribution in [-0.2, 0) is 11.3 Å². The summed E-state index contributed by atoms with van der Waals surface area (Å²) in [4.78, 5) is 17.1. The van der Waals surface area contributed by atoms with E-state index >= 15 is 0 Å². The number of benzene rings is 1. The van der Waals surface area contributed by atoms with Gasteiger partial charge in [-0.15, -0.1) is 0 Å². The van der Waals surface area contributed by atoms with Crippen molar-refractivity contribution in [3.05, 3.63) is 34.6 Å². The fraction of sp³-hybridized carbons (Fsp3) is 0.400. The van der Waals surface area contributed by atoms with Gasteiger partial charge in [0.15, 0.2) is 5.16 Å². The first-order valence-corrected chi connectivity index (χ1v) is 7.74. The lowest BCUT2D eigenvalue weighted by atomic mass is 10.2. The van der Waals surface area contributed by atoms with Crippen LogP contribution < -0.4 is 5.56 Å². The molecular formula is C15H17N3O2S. The highest BCUT2D eigenvalue weighted by Crippen LogP contribution is 2.18. The molecule has 1 aromatic heterocycles. The maximum atomic E-state index is 12.5. The van der Waals surface area contributed by atoms with Crippen molar-refractivity contribution in [3.8, 4) is 6.07 Å². The summed E-state index contributed by atoms with van der Waals surface area (Å²) in [5.41, 5.74) is 0.666. The van der Waals surface area contributed by atoms with Crippen LogP contribution in [0.1, 0.15) is 12.8 Å². The van der Waals surface area contributed by atoms with E-state index < -0.39 is 0 Å². The van der Waals surface area contributed by atoms with E-state index in [4.69, 9.17) is 10.00 Å². The summed E-state index contributed by atoms with van der Waals surface area (Å²) in [6.45, 7) is 0.944. The summed E-state index contributed by atoms with van der Waals surface area (Å²) in [7, 11) is 1.61. The molecule has 2 rings (SSSR count). The second-order valence-corrected chi connectivity index (χ2v) is 5.53. The third kappa shape index (κ3) is 3.84. The number of fused-ring (bicyclic) bond motifs is 1. The van der Waals surface area contributed by atoms with E-state index in [2.05, 4.69) is 11.1 Å². The SMILES string of the molecule is COCCn1c(SCCCC#N)nc2ccccc2c1=O. The van der Waals surface area contributed by atoms with Gasteiger partial charge >= 0.3 is 0 Å². The van der Waals surface area contributed by atoms with Gasteiger partial charge in [0.05, 0.1) is 30.1 Å². The number of aromatic nitrogens is 2. The van der Waals surface area contributed by atoms with Gasteiger partial charge in [-0.1, -0.05) is 23.9 Å². The Balaban J connectivity index is 2.35. The monoisotopic (exact) mass is 303 g/mol. The molecule has 1 heterocycles. The lowest BCUT2D eigenvalue weighted by molar-refractivity contribution is 0.183. The summed E-state index contributed by atoms with van der Waals surface area (Å²) in [5, 5.41) is 9.88. The van der Waals surface area contributed by atoms with Crippen LogP contribution in [0.2, 0.25) is 0 Å². The molecule has 0 spiro atoms. The van der Waals surface area contributed by atoms with Crippen molar-refractivity contribution in [2.24, 2.45) is 0 Å². The Labute approximate surface area is 127 Å². The largest absolute Gasteiger partial charge is 0.383 e. The van der Waals surface area contributed by atoms with E-state index in [0.717, 1.165) is 12.2 Å². The lowest BCUT2D eigenvalue weighted by Gasteiger charge is -2.12. The first-order chi connectivity index (χ1) is 10.3. The number of para-hydroxylation sites is 1. The average Bonchev–Trinajstić information content (AvgIpc) is 2.51. The van der Waals surface area contributed by atoms with Gasteiger partial charge in [-0.25, -0.2) is 4.98 Å². The molecule has 0 aliphatic heterocycles. The van der Waals surface area contributed by atoms with Gasteiger partial charge in [-0.05, 0) is 18.6 Å². The highest BCUT2D eigenvalue weighted by molar-refractivity contribution is 7.99. The summed E-state index contributed by atoms with van der Waals surface area (Å²) >= 11 is 1.51. The highest BCUT2D eigenvalue weighted by atomic mass is 32.2. The van der Waals surface area contributed by atoms with Gasteiger partial charge < -0.3 is 4.74 Å². The number of hydrogen-bond donors (Lipinski definition) is 0. The lowest BCUT2D eigenvalue weighted by Crippen LogP contribution is -2.25. The fourth-order valence-electron chi connectivity index (χ4n) is 1.95. The standard InChI is InChI=1S/C15H17N3O2S/c1-20-10-9-18-14(19)12-6-2-3-7-13(12)17-15(18)21-11-5-4-8-16/h2-3,6-7H,4-5,9-11H2,1H3. The Morgan fingerprint density at radius 2 is 2.24 bits per heavy atom. The maximum absolute atomic E-state index is 12.5. The molecule has 0 radical (unpaired) electrons. The molecule has 0 saturated heterocycles. The molecule has 0 atom stereocenters. The molecule has 110 valence electrons. The van der Waals surface area contributed by atoms with Crippen LogP contribution in [0.25, 0.3) is 10.9 Å². The van der Waals surface area contributed by atoms with Gasteiger partial charge in [0.2, 0.25) is 0 Å². The molecule has 21 heavy (non-hydrogen) atoms.